The molecule has 0 aliphatic carbocycles. The number of hydrogen-bond acceptors (Lipinski definition) is 5. The Morgan fingerprint density at radius 3 is 1.77 bits per heavy atom. The maximum atomic E-state index is 11.5. The third kappa shape index (κ3) is 5.36. The molecular formula is C24H20N6O. The van der Waals surface area contributed by atoms with Gasteiger partial charge in [0.15, 0.2) is 0 Å². The lowest BCUT2D eigenvalue weighted by molar-refractivity contribution is 0.254. The maximum Gasteiger partial charge on any atom is 0.318 e. The van der Waals surface area contributed by atoms with Crippen LogP contribution in [-0.2, 0) is 0 Å². The van der Waals surface area contributed by atoms with Gasteiger partial charge in [0.2, 0.25) is 0 Å². The van der Waals surface area contributed by atoms with Crippen molar-refractivity contribution < 1.29 is 4.79 Å². The molecule has 0 spiro atoms. The minimum atomic E-state index is -0.252. The predicted octanol–water partition coefficient (Wildman–Crippen LogP) is 7.42. The number of azo groups is 2. The van der Waals surface area contributed by atoms with Crippen molar-refractivity contribution in [1.29, 1.82) is 0 Å². The smallest absolute Gasteiger partial charge is 0.318 e. The molecule has 0 aliphatic heterocycles. The number of rotatable bonds is 5. The Labute approximate surface area is 179 Å². The summed E-state index contributed by atoms with van der Waals surface area (Å²) in [5.74, 6) is 0. The number of benzene rings is 4. The highest BCUT2D eigenvalue weighted by Gasteiger charge is 2.01. The van der Waals surface area contributed by atoms with Crippen LogP contribution in [0, 0.1) is 0 Å². The average molecular weight is 408 g/mol. The standard InChI is InChI=1S/C24H20N6O/c1-25-24(31)26-22-9-7-18-16-23(10-8-17(18)15-22)30-29-21-13-11-20(12-14-21)28-27-19-5-3-2-4-6-19/h2-16H,1H3,(H2,25,26,31)/b28-27+,30-29+. The second kappa shape index (κ2) is 9.41. The van der Waals surface area contributed by atoms with Crippen molar-refractivity contribution in [2.45, 2.75) is 0 Å². The van der Waals surface area contributed by atoms with Crippen LogP contribution in [0.2, 0.25) is 0 Å². The molecule has 4 aromatic carbocycles. The van der Waals surface area contributed by atoms with Crippen molar-refractivity contribution in [1.82, 2.24) is 5.32 Å². The molecule has 0 saturated heterocycles. The minimum absolute atomic E-state index is 0.252. The Bertz CT molecular complexity index is 1250. The quantitative estimate of drug-likeness (QED) is 0.330. The summed E-state index contributed by atoms with van der Waals surface area (Å²) in [4.78, 5) is 11.5. The summed E-state index contributed by atoms with van der Waals surface area (Å²) >= 11 is 0. The monoisotopic (exact) mass is 408 g/mol. The van der Waals surface area contributed by atoms with Gasteiger partial charge in [-0.05, 0) is 71.4 Å². The summed E-state index contributed by atoms with van der Waals surface area (Å²) in [7, 11) is 1.58. The molecule has 0 fully saturated rings. The topological polar surface area (TPSA) is 90.6 Å². The molecule has 2 amide bonds. The van der Waals surface area contributed by atoms with Crippen molar-refractivity contribution in [3.05, 3.63) is 91.0 Å². The zero-order valence-corrected chi connectivity index (χ0v) is 16.9. The van der Waals surface area contributed by atoms with Gasteiger partial charge in [-0.2, -0.15) is 20.5 Å². The zero-order valence-electron chi connectivity index (χ0n) is 16.9. The number of carbonyl (C=O) groups is 1. The summed E-state index contributed by atoms with van der Waals surface area (Å²) in [5.41, 5.74) is 3.75. The van der Waals surface area contributed by atoms with Crippen LogP contribution in [0.1, 0.15) is 0 Å². The van der Waals surface area contributed by atoms with E-state index in [0.717, 1.165) is 39.2 Å². The molecule has 0 saturated carbocycles. The van der Waals surface area contributed by atoms with E-state index in [1.807, 2.05) is 91.0 Å². The van der Waals surface area contributed by atoms with E-state index in [0.29, 0.717) is 0 Å². The van der Waals surface area contributed by atoms with Gasteiger partial charge in [-0.3, -0.25) is 0 Å². The molecule has 152 valence electrons. The lowest BCUT2D eigenvalue weighted by Crippen LogP contribution is -2.24. The number of urea groups is 1. The van der Waals surface area contributed by atoms with Gasteiger partial charge in [0.25, 0.3) is 0 Å². The van der Waals surface area contributed by atoms with Crippen molar-refractivity contribution in [3.63, 3.8) is 0 Å². The number of nitrogens with zero attached hydrogens (tertiary/aromatic N) is 4. The SMILES string of the molecule is CNC(=O)Nc1ccc2cc(/N=N/c3ccc(/N=N/c4ccccc4)cc3)ccc2c1. The molecular weight excluding hydrogens is 388 g/mol. The van der Waals surface area contributed by atoms with Gasteiger partial charge >= 0.3 is 6.03 Å². The van der Waals surface area contributed by atoms with Gasteiger partial charge in [-0.1, -0.05) is 30.3 Å². The van der Waals surface area contributed by atoms with E-state index < -0.39 is 0 Å². The van der Waals surface area contributed by atoms with Gasteiger partial charge in [0.1, 0.15) is 0 Å². The Morgan fingerprint density at radius 1 is 0.613 bits per heavy atom. The van der Waals surface area contributed by atoms with Crippen LogP contribution in [0.15, 0.2) is 111 Å². The highest BCUT2D eigenvalue weighted by Crippen LogP contribution is 2.27. The van der Waals surface area contributed by atoms with E-state index >= 15 is 0 Å². The summed E-state index contributed by atoms with van der Waals surface area (Å²) < 4.78 is 0. The lowest BCUT2D eigenvalue weighted by Gasteiger charge is -2.06. The van der Waals surface area contributed by atoms with E-state index in [4.69, 9.17) is 0 Å². The minimum Gasteiger partial charge on any atom is -0.341 e. The maximum absolute atomic E-state index is 11.5. The van der Waals surface area contributed by atoms with Crippen LogP contribution in [0.25, 0.3) is 10.8 Å². The largest absolute Gasteiger partial charge is 0.341 e. The normalized spacial score (nSPS) is 11.3. The van der Waals surface area contributed by atoms with Crippen molar-refractivity contribution >= 4 is 45.2 Å². The molecule has 0 atom stereocenters. The molecule has 0 aromatic heterocycles. The van der Waals surface area contributed by atoms with Crippen LogP contribution in [0.4, 0.5) is 33.2 Å². The number of anilines is 1. The Hall–Kier alpha value is -4.39. The van der Waals surface area contributed by atoms with Crippen LogP contribution in [0.3, 0.4) is 0 Å². The second-order valence-corrected chi connectivity index (χ2v) is 6.70. The molecule has 0 radical (unpaired) electrons. The van der Waals surface area contributed by atoms with Crippen LogP contribution < -0.4 is 10.6 Å². The van der Waals surface area contributed by atoms with Gasteiger partial charge in [-0.25, -0.2) is 4.79 Å². The van der Waals surface area contributed by atoms with Crippen LogP contribution >= 0.6 is 0 Å². The molecule has 0 unspecified atom stereocenters. The molecule has 2 N–H and O–H groups in total. The van der Waals surface area contributed by atoms with E-state index in [-0.39, 0.29) is 6.03 Å². The molecule has 4 rings (SSSR count). The molecule has 4 aromatic rings. The molecule has 7 nitrogen and oxygen atoms in total. The summed E-state index contributed by atoms with van der Waals surface area (Å²) in [5, 5.41) is 24.4. The molecule has 0 aliphatic rings. The van der Waals surface area contributed by atoms with E-state index in [2.05, 4.69) is 31.1 Å². The number of hydrogen-bond donors (Lipinski definition) is 2. The van der Waals surface area contributed by atoms with Crippen molar-refractivity contribution in [3.8, 4) is 0 Å². The van der Waals surface area contributed by atoms with Crippen molar-refractivity contribution in [2.24, 2.45) is 20.5 Å². The van der Waals surface area contributed by atoms with E-state index in [9.17, 15) is 4.79 Å². The molecule has 0 bridgehead atoms. The number of nitrogens with one attached hydrogen (secondary N) is 2. The molecule has 0 heterocycles. The summed E-state index contributed by atoms with van der Waals surface area (Å²) in [6, 6.07) is 28.2. The first-order valence-electron chi connectivity index (χ1n) is 9.71. The highest BCUT2D eigenvalue weighted by atomic mass is 16.2. The van der Waals surface area contributed by atoms with Gasteiger partial charge in [0.05, 0.1) is 22.7 Å². The second-order valence-electron chi connectivity index (χ2n) is 6.70. The third-order valence-electron chi connectivity index (χ3n) is 4.48. The third-order valence-corrected chi connectivity index (χ3v) is 4.48. The van der Waals surface area contributed by atoms with E-state index in [1.165, 1.54) is 0 Å². The predicted molar refractivity (Wildman–Crippen MR) is 123 cm³/mol. The lowest BCUT2D eigenvalue weighted by atomic mass is 10.1. The first-order chi connectivity index (χ1) is 15.2. The van der Waals surface area contributed by atoms with Gasteiger partial charge in [0, 0.05) is 12.7 Å². The highest BCUT2D eigenvalue weighted by molar-refractivity contribution is 5.94. The van der Waals surface area contributed by atoms with Crippen molar-refractivity contribution in [2.75, 3.05) is 12.4 Å². The fourth-order valence-electron chi connectivity index (χ4n) is 2.88. The fraction of sp³-hybridized carbons (Fsp3) is 0.0417. The fourth-order valence-corrected chi connectivity index (χ4v) is 2.88. The van der Waals surface area contributed by atoms with E-state index in [1.54, 1.807) is 7.05 Å². The Kier molecular flexibility index (Phi) is 6.04. The van der Waals surface area contributed by atoms with Gasteiger partial charge in [-0.15, -0.1) is 0 Å². The molecule has 31 heavy (non-hydrogen) atoms. The summed E-state index contributed by atoms with van der Waals surface area (Å²) in [6.07, 6.45) is 0. The first kappa shape index (κ1) is 19.9. The Morgan fingerprint density at radius 2 is 1.13 bits per heavy atom. The zero-order chi connectivity index (χ0) is 21.5. The average Bonchev–Trinajstić information content (AvgIpc) is 2.82. The Balaban J connectivity index is 1.44. The number of amides is 2. The number of carbonyl (C=O) groups excluding carboxylic acids is 1. The van der Waals surface area contributed by atoms with Crippen LogP contribution in [-0.4, -0.2) is 13.1 Å². The first-order valence-corrected chi connectivity index (χ1v) is 9.71. The molecule has 7 heteroatoms. The number of fused-ring (bicyclic) bond motifs is 1. The van der Waals surface area contributed by atoms with Gasteiger partial charge < -0.3 is 10.6 Å². The summed E-state index contributed by atoms with van der Waals surface area (Å²) in [6.45, 7) is 0. The van der Waals surface area contributed by atoms with Crippen LogP contribution in [0.5, 0.6) is 0 Å².